The third kappa shape index (κ3) is 2.40. The largest absolute Gasteiger partial charge is 0.398 e. The van der Waals surface area contributed by atoms with Crippen molar-refractivity contribution >= 4 is 26.5 Å². The molecular formula is C16H20N2O2S. The first-order valence-corrected chi connectivity index (χ1v) is 8.77. The Bertz CT molecular complexity index is 774. The van der Waals surface area contributed by atoms with Gasteiger partial charge in [-0.15, -0.1) is 0 Å². The van der Waals surface area contributed by atoms with Gasteiger partial charge >= 0.3 is 0 Å². The smallest absolute Gasteiger partial charge is 0.241 e. The summed E-state index contributed by atoms with van der Waals surface area (Å²) in [6.07, 6.45) is 3.73. The molecule has 1 aliphatic rings. The van der Waals surface area contributed by atoms with E-state index in [-0.39, 0.29) is 5.54 Å². The third-order valence-electron chi connectivity index (χ3n) is 4.55. The maximum atomic E-state index is 12.8. The summed E-state index contributed by atoms with van der Waals surface area (Å²) < 4.78 is 28.5. The molecule has 1 saturated carbocycles. The number of hydrogen-bond donors (Lipinski definition) is 2. The van der Waals surface area contributed by atoms with Crippen molar-refractivity contribution in [1.29, 1.82) is 0 Å². The van der Waals surface area contributed by atoms with Crippen LogP contribution in [0.5, 0.6) is 0 Å². The van der Waals surface area contributed by atoms with E-state index >= 15 is 0 Å². The van der Waals surface area contributed by atoms with E-state index < -0.39 is 10.0 Å². The van der Waals surface area contributed by atoms with Crippen molar-refractivity contribution in [3.05, 3.63) is 36.4 Å². The summed E-state index contributed by atoms with van der Waals surface area (Å²) in [5, 5.41) is 1.45. The van der Waals surface area contributed by atoms with Gasteiger partial charge < -0.3 is 5.73 Å². The fourth-order valence-electron chi connectivity index (χ4n) is 3.00. The van der Waals surface area contributed by atoms with Gasteiger partial charge in [-0.3, -0.25) is 0 Å². The molecule has 2 aromatic carbocycles. The van der Waals surface area contributed by atoms with E-state index in [0.29, 0.717) is 16.0 Å². The fraction of sp³-hybridized carbons (Fsp3) is 0.375. The van der Waals surface area contributed by atoms with Gasteiger partial charge in [0.2, 0.25) is 10.0 Å². The molecule has 0 saturated heterocycles. The Labute approximate surface area is 125 Å². The number of nitrogens with one attached hydrogen (secondary N) is 1. The van der Waals surface area contributed by atoms with Gasteiger partial charge in [0.1, 0.15) is 0 Å². The molecule has 0 heterocycles. The van der Waals surface area contributed by atoms with Crippen molar-refractivity contribution < 1.29 is 8.42 Å². The zero-order valence-electron chi connectivity index (χ0n) is 12.1. The first-order chi connectivity index (χ1) is 9.97. The molecule has 3 N–H and O–H groups in total. The van der Waals surface area contributed by atoms with Gasteiger partial charge in [0.15, 0.2) is 0 Å². The van der Waals surface area contributed by atoms with E-state index in [9.17, 15) is 8.42 Å². The van der Waals surface area contributed by atoms with Crippen molar-refractivity contribution in [1.82, 2.24) is 4.72 Å². The molecule has 0 aliphatic heterocycles. The van der Waals surface area contributed by atoms with Gasteiger partial charge in [-0.2, -0.15) is 0 Å². The number of hydrogen-bond acceptors (Lipinski definition) is 3. The summed E-state index contributed by atoms with van der Waals surface area (Å²) in [4.78, 5) is 0.312. The number of nitrogen functional groups attached to an aromatic ring is 1. The maximum Gasteiger partial charge on any atom is 0.241 e. The Kier molecular flexibility index (Phi) is 3.42. The van der Waals surface area contributed by atoms with Crippen molar-refractivity contribution in [2.45, 2.75) is 43.0 Å². The molecule has 2 aromatic rings. The lowest BCUT2D eigenvalue weighted by molar-refractivity contribution is 0.214. The van der Waals surface area contributed by atoms with E-state index in [4.69, 9.17) is 5.73 Å². The Balaban J connectivity index is 2.09. The van der Waals surface area contributed by atoms with E-state index in [0.717, 1.165) is 31.1 Å². The Morgan fingerprint density at radius 2 is 1.81 bits per heavy atom. The molecule has 0 atom stereocenters. The lowest BCUT2D eigenvalue weighted by Gasteiger charge is -2.41. The van der Waals surface area contributed by atoms with Crippen molar-refractivity contribution in [3.63, 3.8) is 0 Å². The predicted molar refractivity (Wildman–Crippen MR) is 85.6 cm³/mol. The molecule has 0 amide bonds. The van der Waals surface area contributed by atoms with E-state index in [1.807, 2.05) is 25.1 Å². The monoisotopic (exact) mass is 304 g/mol. The van der Waals surface area contributed by atoms with Gasteiger partial charge in [-0.05, 0) is 37.8 Å². The Hall–Kier alpha value is -1.59. The van der Waals surface area contributed by atoms with Crippen LogP contribution in [0.1, 0.15) is 32.6 Å². The van der Waals surface area contributed by atoms with Gasteiger partial charge in [0, 0.05) is 22.0 Å². The molecule has 5 heteroatoms. The molecule has 1 aliphatic carbocycles. The minimum absolute atomic E-state index is 0.263. The van der Waals surface area contributed by atoms with Gasteiger partial charge in [0.05, 0.1) is 4.90 Å². The zero-order valence-corrected chi connectivity index (χ0v) is 12.9. The minimum Gasteiger partial charge on any atom is -0.398 e. The molecule has 3 rings (SSSR count). The lowest BCUT2D eigenvalue weighted by Crippen LogP contribution is -2.52. The fourth-order valence-corrected chi connectivity index (χ4v) is 4.74. The summed E-state index contributed by atoms with van der Waals surface area (Å²) in [6.45, 7) is 2.03. The number of rotatable bonds is 4. The second-order valence-corrected chi connectivity index (χ2v) is 7.44. The highest BCUT2D eigenvalue weighted by Crippen LogP contribution is 2.37. The highest BCUT2D eigenvalue weighted by atomic mass is 32.2. The molecule has 21 heavy (non-hydrogen) atoms. The second kappa shape index (κ2) is 5.00. The second-order valence-electron chi connectivity index (χ2n) is 5.79. The van der Waals surface area contributed by atoms with Crippen LogP contribution in [0.15, 0.2) is 41.3 Å². The normalized spacial score (nSPS) is 17.6. The average Bonchev–Trinajstić information content (AvgIpc) is 2.43. The molecular weight excluding hydrogens is 284 g/mol. The van der Waals surface area contributed by atoms with Crippen LogP contribution >= 0.6 is 0 Å². The first-order valence-electron chi connectivity index (χ1n) is 7.29. The van der Waals surface area contributed by atoms with Crippen molar-refractivity contribution in [2.24, 2.45) is 0 Å². The average molecular weight is 304 g/mol. The number of fused-ring (bicyclic) bond motifs is 1. The van der Waals surface area contributed by atoms with Crippen LogP contribution in [0.25, 0.3) is 10.8 Å². The number of nitrogens with two attached hydrogens (primary N) is 1. The molecule has 0 bridgehead atoms. The molecule has 4 nitrogen and oxygen atoms in total. The SMILES string of the molecule is CCC1(NS(=O)(=O)c2ccc(N)c3ccccc23)CCC1. The summed E-state index contributed by atoms with van der Waals surface area (Å²) in [7, 11) is -3.54. The van der Waals surface area contributed by atoms with Gasteiger partial charge in [0.25, 0.3) is 0 Å². The maximum absolute atomic E-state index is 12.8. The number of benzene rings is 2. The summed E-state index contributed by atoms with van der Waals surface area (Å²) in [6, 6.07) is 10.6. The number of anilines is 1. The van der Waals surface area contributed by atoms with Crippen LogP contribution in [-0.4, -0.2) is 14.0 Å². The standard InChI is InChI=1S/C16H20N2O2S/c1-2-16(10-5-11-16)18-21(19,20)15-9-8-14(17)12-6-3-4-7-13(12)15/h3-4,6-9,18H,2,5,10-11,17H2,1H3. The van der Waals surface area contributed by atoms with Crippen LogP contribution < -0.4 is 10.5 Å². The van der Waals surface area contributed by atoms with E-state index in [1.54, 1.807) is 18.2 Å². The Morgan fingerprint density at radius 3 is 2.38 bits per heavy atom. The van der Waals surface area contributed by atoms with Gasteiger partial charge in [-0.1, -0.05) is 31.2 Å². The molecule has 0 radical (unpaired) electrons. The third-order valence-corrected chi connectivity index (χ3v) is 6.18. The molecule has 0 aromatic heterocycles. The summed E-state index contributed by atoms with van der Waals surface area (Å²) in [5.74, 6) is 0. The molecule has 112 valence electrons. The zero-order chi connectivity index (χ0) is 15.1. The van der Waals surface area contributed by atoms with Crippen molar-refractivity contribution in [2.75, 3.05) is 5.73 Å². The van der Waals surface area contributed by atoms with Crippen LogP contribution in [0.2, 0.25) is 0 Å². The highest BCUT2D eigenvalue weighted by Gasteiger charge is 2.39. The predicted octanol–water partition coefficient (Wildman–Crippen LogP) is 3.03. The van der Waals surface area contributed by atoms with E-state index in [2.05, 4.69) is 4.72 Å². The van der Waals surface area contributed by atoms with E-state index in [1.165, 1.54) is 0 Å². The van der Waals surface area contributed by atoms with Crippen LogP contribution in [0.3, 0.4) is 0 Å². The van der Waals surface area contributed by atoms with Crippen LogP contribution in [0.4, 0.5) is 5.69 Å². The first kappa shape index (κ1) is 14.4. The van der Waals surface area contributed by atoms with Crippen LogP contribution in [-0.2, 0) is 10.0 Å². The van der Waals surface area contributed by atoms with Crippen LogP contribution in [0, 0.1) is 0 Å². The lowest BCUT2D eigenvalue weighted by atomic mass is 9.76. The summed E-state index contributed by atoms with van der Waals surface area (Å²) in [5.41, 5.74) is 6.28. The topological polar surface area (TPSA) is 72.2 Å². The summed E-state index contributed by atoms with van der Waals surface area (Å²) >= 11 is 0. The molecule has 0 spiro atoms. The number of sulfonamides is 1. The molecule has 0 unspecified atom stereocenters. The highest BCUT2D eigenvalue weighted by molar-refractivity contribution is 7.89. The molecule has 1 fully saturated rings. The Morgan fingerprint density at radius 1 is 1.14 bits per heavy atom. The van der Waals surface area contributed by atoms with Crippen molar-refractivity contribution in [3.8, 4) is 0 Å². The minimum atomic E-state index is -3.54. The quantitative estimate of drug-likeness (QED) is 0.853. The van der Waals surface area contributed by atoms with Gasteiger partial charge in [-0.25, -0.2) is 13.1 Å².